The number of Topliss-reactive ketones (excluding diaryl/α,β-unsaturated/α-hetero) is 1. The van der Waals surface area contributed by atoms with Crippen molar-refractivity contribution < 1.29 is 4.79 Å². The number of nitrogens with zero attached hydrogens (tertiary/aromatic N) is 1. The molecule has 2 heterocycles. The van der Waals surface area contributed by atoms with Crippen LogP contribution >= 0.6 is 39.9 Å². The molecule has 22 heavy (non-hydrogen) atoms. The predicted molar refractivity (Wildman–Crippen MR) is 94.0 cm³/mol. The molecule has 0 unspecified atom stereocenters. The van der Waals surface area contributed by atoms with E-state index < -0.39 is 0 Å². The molecule has 1 aliphatic rings. The molecule has 1 aromatic heterocycles. The van der Waals surface area contributed by atoms with Gasteiger partial charge in [-0.1, -0.05) is 28.1 Å². The van der Waals surface area contributed by atoms with E-state index >= 15 is 0 Å². The Hall–Kier alpha value is -1.51. The molecule has 0 bridgehead atoms. The van der Waals surface area contributed by atoms with Crippen LogP contribution in [0.2, 0.25) is 0 Å². The standard InChI is InChI=1S/C14H10BrN3O2S2/c15-8-3-1-2-7(4-8)10(19)6-22-11-5-9-12(16-11)17-14(21)18-13(9)20/h1-4H,5-6H2,(H2,17,18,20,21). The number of carbonyl (C=O) groups excluding carboxylic acids is 1. The summed E-state index contributed by atoms with van der Waals surface area (Å²) in [5, 5.41) is 0.737. The van der Waals surface area contributed by atoms with Crippen LogP contribution in [0.15, 0.2) is 38.5 Å². The highest BCUT2D eigenvalue weighted by molar-refractivity contribution is 9.10. The zero-order valence-corrected chi connectivity index (χ0v) is 14.4. The van der Waals surface area contributed by atoms with Crippen LogP contribution in [-0.2, 0) is 6.42 Å². The molecule has 0 amide bonds. The van der Waals surface area contributed by atoms with E-state index in [2.05, 4.69) is 30.9 Å². The number of aromatic nitrogens is 2. The fourth-order valence-electron chi connectivity index (χ4n) is 2.05. The van der Waals surface area contributed by atoms with Crippen LogP contribution in [0, 0.1) is 4.77 Å². The van der Waals surface area contributed by atoms with Crippen LogP contribution in [-0.4, -0.2) is 26.5 Å². The predicted octanol–water partition coefficient (Wildman–Crippen LogP) is 3.40. The number of rotatable bonds is 3. The molecule has 0 radical (unpaired) electrons. The van der Waals surface area contributed by atoms with Crippen molar-refractivity contribution in [1.82, 2.24) is 9.97 Å². The van der Waals surface area contributed by atoms with Gasteiger partial charge in [-0.2, -0.15) is 0 Å². The van der Waals surface area contributed by atoms with E-state index in [4.69, 9.17) is 12.2 Å². The Morgan fingerprint density at radius 3 is 3.00 bits per heavy atom. The number of nitrogens with one attached hydrogen (secondary N) is 2. The summed E-state index contributed by atoms with van der Waals surface area (Å²) < 4.78 is 1.12. The van der Waals surface area contributed by atoms with Crippen molar-refractivity contribution in [3.63, 3.8) is 0 Å². The second kappa shape index (κ2) is 6.31. The number of H-pyrrole nitrogens is 2. The maximum absolute atomic E-state index is 12.2. The molecule has 8 heteroatoms. The Kier molecular flexibility index (Phi) is 4.42. The van der Waals surface area contributed by atoms with Crippen LogP contribution in [0.3, 0.4) is 0 Å². The summed E-state index contributed by atoms with van der Waals surface area (Å²) in [6, 6.07) is 7.26. The highest BCUT2D eigenvalue weighted by Gasteiger charge is 2.20. The number of hydrogen-bond donors (Lipinski definition) is 2. The van der Waals surface area contributed by atoms with Crippen molar-refractivity contribution in [1.29, 1.82) is 0 Å². The van der Waals surface area contributed by atoms with Crippen molar-refractivity contribution in [3.8, 4) is 0 Å². The molecule has 2 N–H and O–H groups in total. The Morgan fingerprint density at radius 1 is 1.41 bits per heavy atom. The molecular formula is C14H10BrN3O2S2. The average molecular weight is 396 g/mol. The van der Waals surface area contributed by atoms with Crippen molar-refractivity contribution >= 4 is 56.6 Å². The van der Waals surface area contributed by atoms with Crippen LogP contribution in [0.25, 0.3) is 0 Å². The first kappa shape index (κ1) is 15.4. The monoisotopic (exact) mass is 395 g/mol. The number of aliphatic imine (C=N–C) groups is 1. The molecule has 5 nitrogen and oxygen atoms in total. The number of halogens is 1. The number of thioether (sulfide) groups is 1. The number of aromatic amines is 2. The van der Waals surface area contributed by atoms with E-state index in [1.807, 2.05) is 12.1 Å². The van der Waals surface area contributed by atoms with Gasteiger partial charge in [-0.15, -0.1) is 11.8 Å². The van der Waals surface area contributed by atoms with E-state index in [-0.39, 0.29) is 21.9 Å². The SMILES string of the molecule is O=C(CSC1=Nc2[nH]c(=S)[nH]c(=O)c2C1)c1cccc(Br)c1. The fraction of sp³-hybridized carbons (Fsp3) is 0.143. The van der Waals surface area contributed by atoms with Gasteiger partial charge in [-0.3, -0.25) is 14.6 Å². The molecule has 1 aliphatic heterocycles. The molecule has 0 fully saturated rings. The largest absolute Gasteiger partial charge is 0.317 e. The number of hydrogen-bond acceptors (Lipinski definition) is 5. The molecule has 1 aromatic carbocycles. The Balaban J connectivity index is 1.70. The molecular weight excluding hydrogens is 386 g/mol. The average Bonchev–Trinajstić information content (AvgIpc) is 2.88. The molecule has 0 spiro atoms. The van der Waals surface area contributed by atoms with Gasteiger partial charge < -0.3 is 4.98 Å². The number of carbonyl (C=O) groups is 1. The fourth-order valence-corrected chi connectivity index (χ4v) is 3.51. The smallest absolute Gasteiger partial charge is 0.257 e. The molecule has 3 rings (SSSR count). The third kappa shape index (κ3) is 3.29. The van der Waals surface area contributed by atoms with Crippen molar-refractivity contribution in [2.45, 2.75) is 6.42 Å². The van der Waals surface area contributed by atoms with Crippen LogP contribution in [0.4, 0.5) is 5.82 Å². The minimum Gasteiger partial charge on any atom is -0.317 e. The minimum atomic E-state index is -0.226. The zero-order chi connectivity index (χ0) is 15.7. The summed E-state index contributed by atoms with van der Waals surface area (Å²) in [4.78, 5) is 33.7. The Labute approximate surface area is 143 Å². The molecule has 0 saturated heterocycles. The lowest BCUT2D eigenvalue weighted by Gasteiger charge is -2.01. The molecule has 0 atom stereocenters. The van der Waals surface area contributed by atoms with Gasteiger partial charge in [-0.25, -0.2) is 4.99 Å². The third-order valence-corrected chi connectivity index (χ3v) is 4.77. The summed E-state index contributed by atoms with van der Waals surface area (Å²) in [6.07, 6.45) is 0.424. The van der Waals surface area contributed by atoms with E-state index in [1.54, 1.807) is 12.1 Å². The topological polar surface area (TPSA) is 78.1 Å². The van der Waals surface area contributed by atoms with Gasteiger partial charge >= 0.3 is 0 Å². The molecule has 0 saturated carbocycles. The number of fused-ring (bicyclic) bond motifs is 1. The highest BCUT2D eigenvalue weighted by atomic mass is 79.9. The van der Waals surface area contributed by atoms with Gasteiger partial charge in [0.15, 0.2) is 10.6 Å². The molecule has 0 aliphatic carbocycles. The van der Waals surface area contributed by atoms with E-state index in [1.165, 1.54) is 11.8 Å². The highest BCUT2D eigenvalue weighted by Crippen LogP contribution is 2.26. The first-order valence-corrected chi connectivity index (χ1v) is 8.56. The molecule has 112 valence electrons. The van der Waals surface area contributed by atoms with Gasteiger partial charge in [0.25, 0.3) is 5.56 Å². The van der Waals surface area contributed by atoms with Gasteiger partial charge in [0.05, 0.1) is 16.4 Å². The van der Waals surface area contributed by atoms with E-state index in [9.17, 15) is 9.59 Å². The summed E-state index contributed by atoms with van der Waals surface area (Å²) in [5.74, 6) is 0.792. The van der Waals surface area contributed by atoms with Gasteiger partial charge in [0.2, 0.25) is 0 Å². The second-order valence-corrected chi connectivity index (χ2v) is 7.01. The first-order chi connectivity index (χ1) is 10.5. The first-order valence-electron chi connectivity index (χ1n) is 6.37. The van der Waals surface area contributed by atoms with Gasteiger partial charge in [0, 0.05) is 16.5 Å². The lowest BCUT2D eigenvalue weighted by molar-refractivity contribution is 0.102. The van der Waals surface area contributed by atoms with Crippen LogP contribution in [0.5, 0.6) is 0 Å². The van der Waals surface area contributed by atoms with Crippen molar-refractivity contribution in [2.75, 3.05) is 5.75 Å². The normalized spacial score (nSPS) is 12.9. The summed E-state index contributed by atoms with van der Waals surface area (Å²) in [6.45, 7) is 0. The Bertz CT molecular complexity index is 901. The van der Waals surface area contributed by atoms with Crippen molar-refractivity contribution in [3.05, 3.63) is 55.0 Å². The summed E-state index contributed by atoms with van der Waals surface area (Å²) in [5.41, 5.74) is 0.984. The summed E-state index contributed by atoms with van der Waals surface area (Å²) in [7, 11) is 0. The van der Waals surface area contributed by atoms with Crippen molar-refractivity contribution in [2.24, 2.45) is 4.99 Å². The van der Waals surface area contributed by atoms with Crippen LogP contribution < -0.4 is 5.56 Å². The minimum absolute atomic E-state index is 0.0202. The number of benzene rings is 1. The maximum Gasteiger partial charge on any atom is 0.257 e. The van der Waals surface area contributed by atoms with E-state index in [0.29, 0.717) is 23.4 Å². The quantitative estimate of drug-likeness (QED) is 0.616. The zero-order valence-electron chi connectivity index (χ0n) is 11.2. The molecule has 2 aromatic rings. The van der Waals surface area contributed by atoms with E-state index in [0.717, 1.165) is 9.52 Å². The lowest BCUT2D eigenvalue weighted by Crippen LogP contribution is -2.13. The second-order valence-electron chi connectivity index (χ2n) is 4.64. The lowest BCUT2D eigenvalue weighted by atomic mass is 10.2. The number of ketones is 1. The third-order valence-electron chi connectivity index (χ3n) is 3.10. The van der Waals surface area contributed by atoms with Crippen LogP contribution in [0.1, 0.15) is 15.9 Å². The maximum atomic E-state index is 12.2. The Morgan fingerprint density at radius 2 is 2.23 bits per heavy atom. The van der Waals surface area contributed by atoms with Gasteiger partial charge in [-0.05, 0) is 24.4 Å². The van der Waals surface area contributed by atoms with Gasteiger partial charge in [0.1, 0.15) is 5.82 Å². The summed E-state index contributed by atoms with van der Waals surface area (Å²) >= 11 is 9.61.